The molecular weight excluding hydrogens is 266 g/mol. The zero-order valence-electron chi connectivity index (χ0n) is 13.8. The molecule has 1 aliphatic heterocycles. The van der Waals surface area contributed by atoms with E-state index in [9.17, 15) is 9.90 Å². The van der Waals surface area contributed by atoms with Crippen LogP contribution in [0.25, 0.3) is 0 Å². The maximum absolute atomic E-state index is 12.3. The molecule has 4 heteroatoms. The highest BCUT2D eigenvalue weighted by atomic mass is 16.5. The van der Waals surface area contributed by atoms with Gasteiger partial charge in [0.2, 0.25) is 5.91 Å². The quantitative estimate of drug-likeness (QED) is 0.848. The van der Waals surface area contributed by atoms with Crippen LogP contribution in [0.15, 0.2) is 0 Å². The monoisotopic (exact) mass is 297 g/mol. The van der Waals surface area contributed by atoms with Crippen molar-refractivity contribution in [1.29, 1.82) is 0 Å². The van der Waals surface area contributed by atoms with E-state index in [-0.39, 0.29) is 30.6 Å². The molecule has 0 bridgehead atoms. The zero-order chi connectivity index (χ0) is 15.5. The maximum atomic E-state index is 12.3. The summed E-state index contributed by atoms with van der Waals surface area (Å²) in [5.41, 5.74) is -0.115. The number of carbonyl (C=O) groups is 1. The highest BCUT2D eigenvalue weighted by Gasteiger charge is 2.41. The Morgan fingerprint density at radius 3 is 2.52 bits per heavy atom. The van der Waals surface area contributed by atoms with E-state index in [2.05, 4.69) is 20.8 Å². The second kappa shape index (κ2) is 7.10. The van der Waals surface area contributed by atoms with Crippen LogP contribution >= 0.6 is 0 Å². The average molecular weight is 297 g/mol. The number of nitrogens with zero attached hydrogens (tertiary/aromatic N) is 1. The molecule has 0 aromatic heterocycles. The van der Waals surface area contributed by atoms with Gasteiger partial charge in [0.15, 0.2) is 0 Å². The number of ether oxygens (including phenoxy) is 1. The number of hydrogen-bond donors (Lipinski definition) is 1. The second-order valence-electron chi connectivity index (χ2n) is 7.43. The predicted octanol–water partition coefficient (Wildman–Crippen LogP) is 2.45. The Balaban J connectivity index is 1.77. The number of carbonyl (C=O) groups excluding carboxylic acids is 1. The smallest absolute Gasteiger partial charge is 0.248 e. The summed E-state index contributed by atoms with van der Waals surface area (Å²) in [4.78, 5) is 14.2. The fraction of sp³-hybridized carbons (Fsp3) is 0.941. The van der Waals surface area contributed by atoms with Gasteiger partial charge in [0, 0.05) is 18.5 Å². The van der Waals surface area contributed by atoms with Crippen LogP contribution in [0, 0.1) is 17.3 Å². The molecule has 1 saturated heterocycles. The van der Waals surface area contributed by atoms with E-state index in [1.807, 2.05) is 4.90 Å². The number of aliphatic hydroxyl groups excluding tert-OH is 1. The van der Waals surface area contributed by atoms with E-state index in [1.54, 1.807) is 0 Å². The van der Waals surface area contributed by atoms with E-state index in [0.29, 0.717) is 12.5 Å². The van der Waals surface area contributed by atoms with Crippen LogP contribution in [-0.4, -0.2) is 48.3 Å². The number of rotatable bonds is 5. The summed E-state index contributed by atoms with van der Waals surface area (Å²) >= 11 is 0. The van der Waals surface area contributed by atoms with Gasteiger partial charge in [0.05, 0.1) is 12.7 Å². The summed E-state index contributed by atoms with van der Waals surface area (Å²) in [5, 5.41) is 9.68. The van der Waals surface area contributed by atoms with Crippen LogP contribution < -0.4 is 0 Å². The number of aliphatic hydroxyl groups is 1. The van der Waals surface area contributed by atoms with Crippen molar-refractivity contribution in [2.24, 2.45) is 17.3 Å². The Morgan fingerprint density at radius 1 is 1.33 bits per heavy atom. The van der Waals surface area contributed by atoms with Gasteiger partial charge in [0.1, 0.15) is 6.61 Å². The molecule has 122 valence electrons. The van der Waals surface area contributed by atoms with Crippen molar-refractivity contribution in [3.63, 3.8) is 0 Å². The first-order valence-corrected chi connectivity index (χ1v) is 8.47. The Hall–Kier alpha value is -0.610. The van der Waals surface area contributed by atoms with Gasteiger partial charge in [-0.1, -0.05) is 20.8 Å². The van der Waals surface area contributed by atoms with Crippen LogP contribution in [0.3, 0.4) is 0 Å². The topological polar surface area (TPSA) is 49.8 Å². The fourth-order valence-corrected chi connectivity index (χ4v) is 3.57. The van der Waals surface area contributed by atoms with Crippen molar-refractivity contribution in [2.45, 2.75) is 59.0 Å². The molecule has 1 aliphatic carbocycles. The largest absolute Gasteiger partial charge is 0.396 e. The van der Waals surface area contributed by atoms with Gasteiger partial charge in [-0.3, -0.25) is 4.79 Å². The highest BCUT2D eigenvalue weighted by molar-refractivity contribution is 5.77. The van der Waals surface area contributed by atoms with E-state index < -0.39 is 0 Å². The third-order valence-electron chi connectivity index (χ3n) is 5.68. The van der Waals surface area contributed by atoms with Gasteiger partial charge in [-0.15, -0.1) is 0 Å². The number of likely N-dealkylation sites (tertiary alicyclic amines) is 1. The van der Waals surface area contributed by atoms with Crippen LogP contribution in [0.1, 0.15) is 52.9 Å². The van der Waals surface area contributed by atoms with E-state index in [1.165, 1.54) is 12.8 Å². The summed E-state index contributed by atoms with van der Waals surface area (Å²) in [6.07, 6.45) is 5.75. The minimum atomic E-state index is -0.115. The number of amides is 1. The Morgan fingerprint density at radius 2 is 2.00 bits per heavy atom. The average Bonchev–Trinajstić information content (AvgIpc) is 2.92. The Kier molecular flexibility index (Phi) is 5.67. The van der Waals surface area contributed by atoms with Crippen LogP contribution in [0.5, 0.6) is 0 Å². The minimum absolute atomic E-state index is 0.0876. The molecule has 1 saturated carbocycles. The highest BCUT2D eigenvalue weighted by Crippen LogP contribution is 2.37. The SMILES string of the molecule is CC1CCC(OCC(=O)N2CCC(CO)(C(C)C)C2)CC1. The molecule has 2 rings (SSSR count). The molecule has 4 nitrogen and oxygen atoms in total. The summed E-state index contributed by atoms with van der Waals surface area (Å²) in [7, 11) is 0. The lowest BCUT2D eigenvalue weighted by Gasteiger charge is -2.31. The van der Waals surface area contributed by atoms with Crippen molar-refractivity contribution < 1.29 is 14.6 Å². The second-order valence-corrected chi connectivity index (χ2v) is 7.43. The lowest BCUT2D eigenvalue weighted by molar-refractivity contribution is -0.138. The summed E-state index contributed by atoms with van der Waals surface area (Å²) in [6, 6.07) is 0. The van der Waals surface area contributed by atoms with Gasteiger partial charge in [-0.25, -0.2) is 0 Å². The molecule has 1 heterocycles. The van der Waals surface area contributed by atoms with E-state index in [4.69, 9.17) is 4.74 Å². The van der Waals surface area contributed by atoms with Crippen LogP contribution in [-0.2, 0) is 9.53 Å². The molecule has 2 aliphatic rings. The van der Waals surface area contributed by atoms with Crippen molar-refractivity contribution in [3.05, 3.63) is 0 Å². The van der Waals surface area contributed by atoms with Crippen LogP contribution in [0.2, 0.25) is 0 Å². The molecule has 1 atom stereocenters. The molecule has 21 heavy (non-hydrogen) atoms. The summed E-state index contributed by atoms with van der Waals surface area (Å²) in [6.45, 7) is 8.34. The van der Waals surface area contributed by atoms with Gasteiger partial charge in [0.25, 0.3) is 0 Å². The lowest BCUT2D eigenvalue weighted by Crippen LogP contribution is -2.39. The molecule has 0 aromatic rings. The van der Waals surface area contributed by atoms with Crippen molar-refractivity contribution in [1.82, 2.24) is 4.90 Å². The zero-order valence-corrected chi connectivity index (χ0v) is 13.8. The standard InChI is InChI=1S/C17H31NO3/c1-13(2)17(12-19)8-9-18(11-17)16(20)10-21-15-6-4-14(3)5-7-15/h13-15,19H,4-12H2,1-3H3. The molecule has 0 spiro atoms. The molecular formula is C17H31NO3. The predicted molar refractivity (Wildman–Crippen MR) is 82.9 cm³/mol. The fourth-order valence-electron chi connectivity index (χ4n) is 3.57. The molecule has 2 fully saturated rings. The minimum Gasteiger partial charge on any atom is -0.396 e. The number of hydrogen-bond acceptors (Lipinski definition) is 3. The first-order valence-electron chi connectivity index (χ1n) is 8.47. The molecule has 1 unspecified atom stereocenters. The Labute approximate surface area is 128 Å². The molecule has 1 N–H and O–H groups in total. The first-order chi connectivity index (χ1) is 9.97. The summed E-state index contributed by atoms with van der Waals surface area (Å²) in [5.74, 6) is 1.28. The molecule has 0 radical (unpaired) electrons. The van der Waals surface area contributed by atoms with Crippen molar-refractivity contribution in [2.75, 3.05) is 26.3 Å². The Bertz CT molecular complexity index is 350. The van der Waals surface area contributed by atoms with E-state index >= 15 is 0 Å². The maximum Gasteiger partial charge on any atom is 0.248 e. The van der Waals surface area contributed by atoms with E-state index in [0.717, 1.165) is 31.7 Å². The van der Waals surface area contributed by atoms with Gasteiger partial charge < -0.3 is 14.7 Å². The van der Waals surface area contributed by atoms with Gasteiger partial charge >= 0.3 is 0 Å². The van der Waals surface area contributed by atoms with Crippen molar-refractivity contribution in [3.8, 4) is 0 Å². The third kappa shape index (κ3) is 3.98. The third-order valence-corrected chi connectivity index (χ3v) is 5.68. The molecule has 1 amide bonds. The normalized spacial score (nSPS) is 33.7. The van der Waals surface area contributed by atoms with Crippen molar-refractivity contribution >= 4 is 5.91 Å². The van der Waals surface area contributed by atoms with Gasteiger partial charge in [-0.05, 0) is 43.9 Å². The summed E-state index contributed by atoms with van der Waals surface area (Å²) < 4.78 is 5.81. The van der Waals surface area contributed by atoms with Gasteiger partial charge in [-0.2, -0.15) is 0 Å². The lowest BCUT2D eigenvalue weighted by atomic mass is 9.77. The van der Waals surface area contributed by atoms with Crippen LogP contribution in [0.4, 0.5) is 0 Å². The first kappa shape index (κ1) is 16.8. The molecule has 0 aromatic carbocycles.